The number of hydrogen-bond donors (Lipinski definition) is 2. The van der Waals surface area contributed by atoms with Crippen LogP contribution in [0.5, 0.6) is 0 Å². The van der Waals surface area contributed by atoms with Crippen LogP contribution in [0.1, 0.15) is 26.3 Å². The second-order valence-electron chi connectivity index (χ2n) is 4.34. The molecule has 0 atom stereocenters. The van der Waals surface area contributed by atoms with E-state index in [1.807, 2.05) is 12.1 Å². The average Bonchev–Trinajstić information content (AvgIpc) is 2.14. The van der Waals surface area contributed by atoms with Gasteiger partial charge in [0.25, 0.3) is 0 Å². The fraction of sp³-hybridized carbons (Fsp3) is 0.364. The van der Waals surface area contributed by atoms with E-state index in [-0.39, 0.29) is 10.6 Å². The summed E-state index contributed by atoms with van der Waals surface area (Å²) in [6, 6.07) is 5.49. The molecule has 1 aromatic carbocycles. The summed E-state index contributed by atoms with van der Waals surface area (Å²) >= 11 is 7.76. The lowest BCUT2D eigenvalue weighted by molar-refractivity contribution is 0.318. The molecule has 0 saturated carbocycles. The fourth-order valence-electron chi connectivity index (χ4n) is 1.17. The van der Waals surface area contributed by atoms with Gasteiger partial charge in [-0.1, -0.05) is 37.5 Å². The first-order valence-corrected chi connectivity index (χ1v) is 5.99. The zero-order valence-corrected chi connectivity index (χ0v) is 11.1. The minimum absolute atomic E-state index is 0.0253. The van der Waals surface area contributed by atoms with Gasteiger partial charge in [0.05, 0.1) is 5.02 Å². The summed E-state index contributed by atoms with van der Waals surface area (Å²) in [6.45, 7) is 6.38. The van der Waals surface area contributed by atoms with Crippen LogP contribution >= 0.6 is 23.4 Å². The number of nitrogens with two attached hydrogens (primary N) is 1. The molecule has 1 aromatic rings. The van der Waals surface area contributed by atoms with Gasteiger partial charge in [-0.15, -0.1) is 11.8 Å². The van der Waals surface area contributed by atoms with E-state index >= 15 is 0 Å². The van der Waals surface area contributed by atoms with Crippen LogP contribution in [0.3, 0.4) is 0 Å². The van der Waals surface area contributed by atoms with Crippen LogP contribution in [-0.4, -0.2) is 15.8 Å². The maximum absolute atomic E-state index is 8.57. The van der Waals surface area contributed by atoms with E-state index in [2.05, 4.69) is 25.9 Å². The predicted octanol–water partition coefficient (Wildman–Crippen LogP) is 3.33. The lowest BCUT2D eigenvalue weighted by Crippen LogP contribution is -2.13. The van der Waals surface area contributed by atoms with E-state index < -0.39 is 0 Å². The lowest BCUT2D eigenvalue weighted by Gasteiger charge is -2.17. The molecule has 0 aliphatic heterocycles. The highest BCUT2D eigenvalue weighted by molar-refractivity contribution is 8.00. The van der Waals surface area contributed by atoms with Gasteiger partial charge in [0.15, 0.2) is 5.84 Å². The van der Waals surface area contributed by atoms with E-state index in [9.17, 15) is 0 Å². The van der Waals surface area contributed by atoms with Gasteiger partial charge in [0.1, 0.15) is 0 Å². The molecule has 0 spiro atoms. The first kappa shape index (κ1) is 13.2. The highest BCUT2D eigenvalue weighted by atomic mass is 35.5. The molecule has 1 rings (SSSR count). The molecule has 0 aliphatic rings. The maximum atomic E-state index is 8.57. The normalized spacial score (nSPS) is 12.9. The molecule has 0 fully saturated rings. The number of amidine groups is 1. The summed E-state index contributed by atoms with van der Waals surface area (Å²) in [5.41, 5.74) is 6.03. The van der Waals surface area contributed by atoms with E-state index in [0.29, 0.717) is 10.6 Å². The SMILES string of the molecule is CC(C)(C)Sc1ccc(C(N)=NO)c(Cl)c1. The van der Waals surface area contributed by atoms with Crippen LogP contribution in [-0.2, 0) is 0 Å². The topological polar surface area (TPSA) is 58.6 Å². The average molecular weight is 259 g/mol. The smallest absolute Gasteiger partial charge is 0.171 e. The summed E-state index contributed by atoms with van der Waals surface area (Å²) in [7, 11) is 0. The number of oxime groups is 1. The van der Waals surface area contributed by atoms with Crippen molar-refractivity contribution in [2.45, 2.75) is 30.4 Å². The highest BCUT2D eigenvalue weighted by Gasteiger charge is 2.13. The fourth-order valence-corrected chi connectivity index (χ4v) is 2.54. The summed E-state index contributed by atoms with van der Waals surface area (Å²) in [5, 5.41) is 12.0. The first-order chi connectivity index (χ1) is 7.33. The van der Waals surface area contributed by atoms with Crippen LogP contribution in [0, 0.1) is 0 Å². The number of nitrogens with zero attached hydrogens (tertiary/aromatic N) is 1. The highest BCUT2D eigenvalue weighted by Crippen LogP contribution is 2.33. The second-order valence-corrected chi connectivity index (χ2v) is 6.65. The van der Waals surface area contributed by atoms with Crippen molar-refractivity contribution in [1.29, 1.82) is 0 Å². The molecule has 16 heavy (non-hydrogen) atoms. The third-order valence-corrected chi connectivity index (χ3v) is 3.16. The molecule has 0 bridgehead atoms. The van der Waals surface area contributed by atoms with Gasteiger partial charge in [-0.05, 0) is 18.2 Å². The van der Waals surface area contributed by atoms with Gasteiger partial charge in [-0.2, -0.15) is 0 Å². The van der Waals surface area contributed by atoms with Crippen LogP contribution in [0.15, 0.2) is 28.3 Å². The molecule has 3 N–H and O–H groups in total. The van der Waals surface area contributed by atoms with E-state index in [0.717, 1.165) is 4.90 Å². The molecular formula is C11H15ClN2OS. The van der Waals surface area contributed by atoms with Crippen LogP contribution < -0.4 is 5.73 Å². The Hall–Kier alpha value is -0.870. The van der Waals surface area contributed by atoms with E-state index in [4.69, 9.17) is 22.5 Å². The Bertz CT molecular complexity index is 413. The molecule has 0 radical (unpaired) electrons. The van der Waals surface area contributed by atoms with Gasteiger partial charge in [0.2, 0.25) is 0 Å². The molecule has 3 nitrogen and oxygen atoms in total. The second kappa shape index (κ2) is 4.97. The number of halogens is 1. The Balaban J connectivity index is 3.00. The third-order valence-electron chi connectivity index (χ3n) is 1.75. The Morgan fingerprint density at radius 2 is 2.06 bits per heavy atom. The zero-order chi connectivity index (χ0) is 12.3. The van der Waals surface area contributed by atoms with Gasteiger partial charge >= 0.3 is 0 Å². The minimum atomic E-state index is 0.0253. The molecule has 88 valence electrons. The van der Waals surface area contributed by atoms with Crippen LogP contribution in [0.4, 0.5) is 0 Å². The summed E-state index contributed by atoms with van der Waals surface area (Å²) in [5.74, 6) is 0.0253. The van der Waals surface area contributed by atoms with Crippen molar-refractivity contribution in [1.82, 2.24) is 0 Å². The van der Waals surface area contributed by atoms with Crippen LogP contribution in [0.25, 0.3) is 0 Å². The Morgan fingerprint density at radius 3 is 2.50 bits per heavy atom. The van der Waals surface area contributed by atoms with Gasteiger partial charge in [-0.3, -0.25) is 0 Å². The molecule has 0 aliphatic carbocycles. The molecule has 0 saturated heterocycles. The Kier molecular flexibility index (Phi) is 4.10. The standard InChI is InChI=1S/C11H15ClN2OS/c1-11(2,3)16-7-4-5-8(9(12)6-7)10(13)14-15/h4-6,15H,1-3H3,(H2,13,14). The monoisotopic (exact) mass is 258 g/mol. The maximum Gasteiger partial charge on any atom is 0.171 e. The Morgan fingerprint density at radius 1 is 1.44 bits per heavy atom. The number of thioether (sulfide) groups is 1. The third kappa shape index (κ3) is 3.61. The largest absolute Gasteiger partial charge is 0.409 e. The van der Waals surface area contributed by atoms with Gasteiger partial charge < -0.3 is 10.9 Å². The van der Waals surface area contributed by atoms with Crippen molar-refractivity contribution in [3.8, 4) is 0 Å². The quantitative estimate of drug-likeness (QED) is 0.281. The summed E-state index contributed by atoms with van der Waals surface area (Å²) < 4.78 is 0.126. The molecule has 0 amide bonds. The van der Waals surface area contributed by atoms with Crippen molar-refractivity contribution >= 4 is 29.2 Å². The predicted molar refractivity (Wildman–Crippen MR) is 69.6 cm³/mol. The molecule has 5 heteroatoms. The van der Waals surface area contributed by atoms with E-state index in [1.54, 1.807) is 17.8 Å². The number of hydrogen-bond acceptors (Lipinski definition) is 3. The molecule has 0 unspecified atom stereocenters. The summed E-state index contributed by atoms with van der Waals surface area (Å²) in [4.78, 5) is 1.06. The van der Waals surface area contributed by atoms with Gasteiger partial charge in [0, 0.05) is 15.2 Å². The zero-order valence-electron chi connectivity index (χ0n) is 9.49. The van der Waals surface area contributed by atoms with Gasteiger partial charge in [-0.25, -0.2) is 0 Å². The minimum Gasteiger partial charge on any atom is -0.409 e. The van der Waals surface area contributed by atoms with E-state index in [1.165, 1.54) is 0 Å². The van der Waals surface area contributed by atoms with Crippen molar-refractivity contribution in [2.24, 2.45) is 10.9 Å². The van der Waals surface area contributed by atoms with Crippen molar-refractivity contribution in [3.63, 3.8) is 0 Å². The number of benzene rings is 1. The molecule has 0 aromatic heterocycles. The lowest BCUT2D eigenvalue weighted by atomic mass is 10.2. The van der Waals surface area contributed by atoms with Crippen LogP contribution in [0.2, 0.25) is 5.02 Å². The summed E-state index contributed by atoms with van der Waals surface area (Å²) in [6.07, 6.45) is 0. The van der Waals surface area contributed by atoms with Crippen molar-refractivity contribution < 1.29 is 5.21 Å². The number of rotatable bonds is 2. The van der Waals surface area contributed by atoms with Crippen molar-refractivity contribution in [2.75, 3.05) is 0 Å². The van der Waals surface area contributed by atoms with Crippen molar-refractivity contribution in [3.05, 3.63) is 28.8 Å². The molecule has 0 heterocycles. The Labute approximate surface area is 105 Å². The molecular weight excluding hydrogens is 244 g/mol. The first-order valence-electron chi connectivity index (χ1n) is 4.80.